The van der Waals surface area contributed by atoms with Crippen molar-refractivity contribution in [1.29, 1.82) is 0 Å². The summed E-state index contributed by atoms with van der Waals surface area (Å²) in [5.74, 6) is 0.612. The van der Waals surface area contributed by atoms with E-state index in [4.69, 9.17) is 0 Å². The summed E-state index contributed by atoms with van der Waals surface area (Å²) >= 11 is 0. The van der Waals surface area contributed by atoms with E-state index in [0.29, 0.717) is 5.92 Å². The van der Waals surface area contributed by atoms with Gasteiger partial charge in [0, 0.05) is 11.1 Å². The van der Waals surface area contributed by atoms with Gasteiger partial charge in [0.15, 0.2) is 0 Å². The van der Waals surface area contributed by atoms with Crippen molar-refractivity contribution in [2.45, 2.75) is 51.6 Å². The zero-order valence-electron chi connectivity index (χ0n) is 8.20. The molecule has 1 rings (SSSR count). The van der Waals surface area contributed by atoms with Crippen LogP contribution in [0.1, 0.15) is 40.5 Å². The summed E-state index contributed by atoms with van der Waals surface area (Å²) in [7, 11) is 0. The van der Waals surface area contributed by atoms with E-state index < -0.39 is 0 Å². The van der Waals surface area contributed by atoms with Crippen molar-refractivity contribution in [3.63, 3.8) is 0 Å². The minimum absolute atomic E-state index is 0.272. The van der Waals surface area contributed by atoms with Crippen LogP contribution in [0.15, 0.2) is 0 Å². The number of rotatable bonds is 0. The monoisotopic (exact) mass is 154 g/mol. The molecule has 1 heteroatoms. The zero-order chi connectivity index (χ0) is 8.70. The molecule has 0 aromatic heterocycles. The van der Waals surface area contributed by atoms with Crippen molar-refractivity contribution in [2.75, 3.05) is 0 Å². The molecule has 1 saturated heterocycles. The topological polar surface area (TPSA) is 12.0 Å². The molecular weight excluding hydrogens is 134 g/mol. The first-order valence-electron chi connectivity index (χ1n) is 4.43. The minimum Gasteiger partial charge on any atom is -0.307 e. The van der Waals surface area contributed by atoms with Gasteiger partial charge in [0.05, 0.1) is 0 Å². The highest BCUT2D eigenvalue weighted by Gasteiger charge is 2.35. The van der Waals surface area contributed by atoms with Crippen LogP contribution in [0.5, 0.6) is 0 Å². The Balaban J connectivity index is 2.66. The molecule has 0 aliphatic carbocycles. The van der Waals surface area contributed by atoms with Gasteiger partial charge >= 0.3 is 0 Å². The molecule has 0 bridgehead atoms. The van der Waals surface area contributed by atoms with Crippen LogP contribution >= 0.6 is 0 Å². The van der Waals surface area contributed by atoms with E-state index in [0.717, 1.165) is 0 Å². The van der Waals surface area contributed by atoms with Crippen LogP contribution < -0.4 is 5.32 Å². The van der Waals surface area contributed by atoms with E-state index in [1.165, 1.54) is 12.8 Å². The van der Waals surface area contributed by atoms with Gasteiger partial charge in [-0.1, -0.05) is 6.92 Å². The third-order valence-corrected chi connectivity index (χ3v) is 2.27. The summed E-state index contributed by atoms with van der Waals surface area (Å²) in [5, 5.41) is 3.62. The molecule has 0 spiro atoms. The first-order chi connectivity index (χ1) is 4.81. The largest absolute Gasteiger partial charge is 0.307 e. The molecule has 0 saturated carbocycles. The Morgan fingerprint density at radius 2 is 1.45 bits per heavy atom. The van der Waals surface area contributed by atoms with E-state index in [1.54, 1.807) is 0 Å². The second kappa shape index (κ2) is 2.48. The molecule has 0 aromatic rings. The Morgan fingerprint density at radius 3 is 1.73 bits per heavy atom. The van der Waals surface area contributed by atoms with Crippen molar-refractivity contribution < 1.29 is 0 Å². The highest BCUT2D eigenvalue weighted by molar-refractivity contribution is 4.97. The molecule has 0 aromatic carbocycles. The standard InChI is InChI=1S/C10H20N/c1-8-6-9(2,3)11-10(4,5)7-8/h8,11H,1,6-7H2,2-5H3. The number of hydrogen-bond acceptors (Lipinski definition) is 1. The van der Waals surface area contributed by atoms with Crippen LogP contribution in [0.3, 0.4) is 0 Å². The number of nitrogens with one attached hydrogen (secondary N) is 1. The molecule has 1 fully saturated rings. The van der Waals surface area contributed by atoms with Crippen LogP contribution in [0.25, 0.3) is 0 Å². The van der Waals surface area contributed by atoms with Gasteiger partial charge in [0.25, 0.3) is 0 Å². The van der Waals surface area contributed by atoms with Gasteiger partial charge in [-0.15, -0.1) is 0 Å². The first kappa shape index (κ1) is 9.05. The molecule has 65 valence electrons. The average molecular weight is 154 g/mol. The second-order valence-corrected chi connectivity index (χ2v) is 5.17. The fourth-order valence-corrected chi connectivity index (χ4v) is 2.53. The molecular formula is C10H20N. The normalized spacial score (nSPS) is 30.3. The molecule has 11 heavy (non-hydrogen) atoms. The third-order valence-electron chi connectivity index (χ3n) is 2.27. The molecule has 1 aliphatic rings. The van der Waals surface area contributed by atoms with E-state index >= 15 is 0 Å². The average Bonchev–Trinajstić information content (AvgIpc) is 1.49. The maximum absolute atomic E-state index is 4.15. The molecule has 1 heterocycles. The molecule has 1 radical (unpaired) electrons. The molecule has 1 N–H and O–H groups in total. The van der Waals surface area contributed by atoms with E-state index in [9.17, 15) is 0 Å². The van der Waals surface area contributed by atoms with E-state index in [2.05, 4.69) is 39.9 Å². The van der Waals surface area contributed by atoms with E-state index in [1.807, 2.05) is 0 Å². The molecule has 1 nitrogen and oxygen atoms in total. The van der Waals surface area contributed by atoms with Crippen molar-refractivity contribution >= 4 is 0 Å². The summed E-state index contributed by atoms with van der Waals surface area (Å²) in [6.45, 7) is 13.2. The second-order valence-electron chi connectivity index (χ2n) is 5.17. The Hall–Kier alpha value is -0.0400. The molecule has 0 unspecified atom stereocenters. The van der Waals surface area contributed by atoms with Gasteiger partial charge < -0.3 is 5.32 Å². The Bertz CT molecular complexity index is 131. The smallest absolute Gasteiger partial charge is 0.0132 e. The first-order valence-corrected chi connectivity index (χ1v) is 4.43. The van der Waals surface area contributed by atoms with Crippen LogP contribution in [-0.4, -0.2) is 11.1 Å². The SMILES string of the molecule is [CH2]C1CC(C)(C)NC(C)(C)C1. The quantitative estimate of drug-likeness (QED) is 0.565. The molecule has 1 aliphatic heterocycles. The zero-order valence-corrected chi connectivity index (χ0v) is 8.20. The lowest BCUT2D eigenvalue weighted by atomic mass is 9.77. The van der Waals surface area contributed by atoms with Gasteiger partial charge in [-0.05, 0) is 46.5 Å². The maximum atomic E-state index is 4.15. The van der Waals surface area contributed by atoms with Crippen LogP contribution in [-0.2, 0) is 0 Å². The summed E-state index contributed by atoms with van der Waals surface area (Å²) in [4.78, 5) is 0. The summed E-state index contributed by atoms with van der Waals surface area (Å²) < 4.78 is 0. The Morgan fingerprint density at radius 1 is 1.09 bits per heavy atom. The highest BCUT2D eigenvalue weighted by atomic mass is 15.0. The predicted molar refractivity (Wildman–Crippen MR) is 49.4 cm³/mol. The van der Waals surface area contributed by atoms with E-state index in [-0.39, 0.29) is 11.1 Å². The van der Waals surface area contributed by atoms with Crippen LogP contribution in [0, 0.1) is 12.8 Å². The summed E-state index contributed by atoms with van der Waals surface area (Å²) in [6.07, 6.45) is 2.38. The lowest BCUT2D eigenvalue weighted by Gasteiger charge is -2.45. The van der Waals surface area contributed by atoms with Gasteiger partial charge in [0.2, 0.25) is 0 Å². The minimum atomic E-state index is 0.272. The van der Waals surface area contributed by atoms with Gasteiger partial charge in [0.1, 0.15) is 0 Å². The van der Waals surface area contributed by atoms with Crippen molar-refractivity contribution in [3.05, 3.63) is 6.92 Å². The molecule has 0 amide bonds. The lowest BCUT2D eigenvalue weighted by molar-refractivity contribution is 0.149. The maximum Gasteiger partial charge on any atom is 0.0132 e. The van der Waals surface area contributed by atoms with Crippen molar-refractivity contribution in [3.8, 4) is 0 Å². The number of piperidine rings is 1. The van der Waals surface area contributed by atoms with Crippen molar-refractivity contribution in [1.82, 2.24) is 5.32 Å². The van der Waals surface area contributed by atoms with Crippen molar-refractivity contribution in [2.24, 2.45) is 5.92 Å². The lowest BCUT2D eigenvalue weighted by Crippen LogP contribution is -2.57. The fourth-order valence-electron chi connectivity index (χ4n) is 2.53. The Kier molecular flexibility index (Phi) is 2.04. The Labute approximate surface area is 70.6 Å². The predicted octanol–water partition coefficient (Wildman–Crippen LogP) is 2.38. The number of hydrogen-bond donors (Lipinski definition) is 1. The van der Waals surface area contributed by atoms with Crippen LogP contribution in [0.2, 0.25) is 0 Å². The van der Waals surface area contributed by atoms with Crippen LogP contribution in [0.4, 0.5) is 0 Å². The third kappa shape index (κ3) is 2.48. The van der Waals surface area contributed by atoms with Gasteiger partial charge in [-0.25, -0.2) is 0 Å². The summed E-state index contributed by atoms with van der Waals surface area (Å²) in [5.41, 5.74) is 0.544. The molecule has 0 atom stereocenters. The fraction of sp³-hybridized carbons (Fsp3) is 0.900. The summed E-state index contributed by atoms with van der Waals surface area (Å²) in [6, 6.07) is 0. The highest BCUT2D eigenvalue weighted by Crippen LogP contribution is 2.31. The van der Waals surface area contributed by atoms with Gasteiger partial charge in [-0.3, -0.25) is 0 Å². The van der Waals surface area contributed by atoms with Gasteiger partial charge in [-0.2, -0.15) is 0 Å².